The first-order valence-electron chi connectivity index (χ1n) is 6.01. The molecule has 1 aromatic rings. The van der Waals surface area contributed by atoms with E-state index in [1.54, 1.807) is 18.0 Å². The smallest absolute Gasteiger partial charge is 0.257 e. The summed E-state index contributed by atoms with van der Waals surface area (Å²) in [6.07, 6.45) is 2.50. The minimum Gasteiger partial charge on any atom is -0.506 e. The van der Waals surface area contributed by atoms with Gasteiger partial charge in [0.2, 0.25) is 0 Å². The average molecular weight is 489 g/mol. The summed E-state index contributed by atoms with van der Waals surface area (Å²) in [5, 5.41) is 18.7. The number of aliphatic hydroxyl groups is 1. The largest absolute Gasteiger partial charge is 0.506 e. The molecule has 0 aliphatic rings. The number of hydrogen-bond donors (Lipinski definition) is 2. The van der Waals surface area contributed by atoms with Crippen molar-refractivity contribution in [3.05, 3.63) is 24.8 Å². The van der Waals surface area contributed by atoms with E-state index >= 15 is 0 Å². The number of amides is 1. The van der Waals surface area contributed by atoms with Crippen molar-refractivity contribution in [2.75, 3.05) is 20.2 Å². The zero-order chi connectivity index (χ0) is 14.4. The van der Waals surface area contributed by atoms with Crippen molar-refractivity contribution in [2.24, 2.45) is 0 Å². The lowest BCUT2D eigenvalue weighted by atomic mass is 10.1. The molecule has 0 saturated carbocycles. The van der Waals surface area contributed by atoms with E-state index in [9.17, 15) is 9.90 Å². The number of rotatable bonds is 6. The Morgan fingerprint density at radius 3 is 2.58 bits per heavy atom. The minimum atomic E-state index is -0.169. The first-order valence-corrected chi connectivity index (χ1v) is 8.17. The van der Waals surface area contributed by atoms with Crippen LogP contribution in [-0.4, -0.2) is 41.2 Å². The number of hydrogen-bond acceptors (Lipinski definition) is 3. The van der Waals surface area contributed by atoms with Crippen LogP contribution in [0.1, 0.15) is 29.6 Å². The van der Waals surface area contributed by atoms with E-state index in [-0.39, 0.29) is 18.3 Å². The molecular formula is C13H17I2NO3. The molecule has 1 rings (SSSR count). The first kappa shape index (κ1) is 17.0. The average Bonchev–Trinajstić information content (AvgIpc) is 2.37. The predicted molar refractivity (Wildman–Crippen MR) is 91.4 cm³/mol. The summed E-state index contributed by atoms with van der Waals surface area (Å²) in [6, 6.07) is 3.53. The minimum absolute atomic E-state index is 0.0493. The molecule has 19 heavy (non-hydrogen) atoms. The highest BCUT2D eigenvalue weighted by Crippen LogP contribution is 2.27. The van der Waals surface area contributed by atoms with Gasteiger partial charge in [0.25, 0.3) is 5.91 Å². The topological polar surface area (TPSA) is 60.8 Å². The van der Waals surface area contributed by atoms with Gasteiger partial charge in [0.05, 0.1) is 9.13 Å². The number of nitrogens with zero attached hydrogens (tertiary/aromatic N) is 1. The SMILES string of the molecule is CN(CCCCCO)C(=O)c1cc(I)cc(I)c1O. The van der Waals surface area contributed by atoms with Gasteiger partial charge in [-0.25, -0.2) is 0 Å². The summed E-state index contributed by atoms with van der Waals surface area (Å²) in [6.45, 7) is 0.813. The standard InChI is InChI=1S/C13H17I2NO3/c1-16(5-3-2-4-6-17)13(19)10-7-9(14)8-11(15)12(10)18/h7-8,17-18H,2-6H2,1H3. The van der Waals surface area contributed by atoms with Gasteiger partial charge in [-0.15, -0.1) is 0 Å². The molecule has 0 saturated heterocycles. The maximum atomic E-state index is 12.2. The Bertz CT molecular complexity index is 452. The van der Waals surface area contributed by atoms with E-state index in [0.29, 0.717) is 15.7 Å². The Morgan fingerprint density at radius 1 is 1.26 bits per heavy atom. The van der Waals surface area contributed by atoms with Crippen LogP contribution in [0, 0.1) is 7.14 Å². The molecule has 0 radical (unpaired) electrons. The van der Waals surface area contributed by atoms with Gasteiger partial charge in [-0.05, 0) is 76.6 Å². The summed E-state index contributed by atoms with van der Waals surface area (Å²) >= 11 is 4.15. The molecule has 0 fully saturated rings. The number of phenolic OH excluding ortho intramolecular Hbond substituents is 1. The highest BCUT2D eigenvalue weighted by Gasteiger charge is 2.18. The summed E-state index contributed by atoms with van der Waals surface area (Å²) < 4.78 is 1.61. The number of carbonyl (C=O) groups is 1. The Balaban J connectivity index is 2.71. The van der Waals surface area contributed by atoms with Gasteiger partial charge in [0, 0.05) is 23.8 Å². The van der Waals surface area contributed by atoms with Gasteiger partial charge in [0.1, 0.15) is 5.75 Å². The van der Waals surface area contributed by atoms with Gasteiger partial charge < -0.3 is 15.1 Å². The number of unbranched alkanes of at least 4 members (excludes halogenated alkanes) is 2. The van der Waals surface area contributed by atoms with E-state index in [2.05, 4.69) is 22.6 Å². The lowest BCUT2D eigenvalue weighted by molar-refractivity contribution is 0.0789. The lowest BCUT2D eigenvalue weighted by Crippen LogP contribution is -2.28. The molecule has 0 bridgehead atoms. The van der Waals surface area contributed by atoms with Crippen LogP contribution in [0.2, 0.25) is 0 Å². The fourth-order valence-corrected chi connectivity index (χ4v) is 3.52. The van der Waals surface area contributed by atoms with Crippen molar-refractivity contribution < 1.29 is 15.0 Å². The van der Waals surface area contributed by atoms with Crippen LogP contribution in [0.3, 0.4) is 0 Å². The molecule has 0 aromatic heterocycles. The van der Waals surface area contributed by atoms with Crippen molar-refractivity contribution in [2.45, 2.75) is 19.3 Å². The predicted octanol–water partition coefficient (Wildman–Crippen LogP) is 2.84. The molecule has 2 N–H and O–H groups in total. The first-order chi connectivity index (χ1) is 8.97. The van der Waals surface area contributed by atoms with Crippen molar-refractivity contribution in [3.63, 3.8) is 0 Å². The molecule has 1 aromatic carbocycles. The molecule has 6 heteroatoms. The number of benzene rings is 1. The molecule has 1 amide bonds. The number of halogens is 2. The molecular weight excluding hydrogens is 472 g/mol. The van der Waals surface area contributed by atoms with E-state index in [4.69, 9.17) is 5.11 Å². The van der Waals surface area contributed by atoms with E-state index in [0.717, 1.165) is 22.8 Å². The van der Waals surface area contributed by atoms with Crippen LogP contribution in [0.15, 0.2) is 12.1 Å². The zero-order valence-corrected chi connectivity index (χ0v) is 15.0. The maximum absolute atomic E-state index is 12.2. The van der Waals surface area contributed by atoms with Crippen LogP contribution < -0.4 is 0 Å². The van der Waals surface area contributed by atoms with Gasteiger partial charge in [0.15, 0.2) is 0 Å². The number of carbonyl (C=O) groups excluding carboxylic acids is 1. The maximum Gasteiger partial charge on any atom is 0.257 e. The Hall–Kier alpha value is -0.0900. The zero-order valence-electron chi connectivity index (χ0n) is 10.7. The number of aliphatic hydroxyl groups excluding tert-OH is 1. The molecule has 0 spiro atoms. The van der Waals surface area contributed by atoms with E-state index in [1.807, 2.05) is 28.7 Å². The molecule has 0 atom stereocenters. The van der Waals surface area contributed by atoms with Crippen LogP contribution in [0.4, 0.5) is 0 Å². The molecule has 0 aliphatic carbocycles. The van der Waals surface area contributed by atoms with Crippen molar-refractivity contribution in [3.8, 4) is 5.75 Å². The van der Waals surface area contributed by atoms with E-state index < -0.39 is 0 Å². The Labute approximate surface area is 140 Å². The van der Waals surface area contributed by atoms with Crippen LogP contribution in [0.5, 0.6) is 5.75 Å². The Kier molecular flexibility index (Phi) is 7.37. The number of phenols is 1. The molecule has 0 aliphatic heterocycles. The quantitative estimate of drug-likeness (QED) is 0.478. The molecule has 106 valence electrons. The fraction of sp³-hybridized carbons (Fsp3) is 0.462. The summed E-state index contributed by atoms with van der Waals surface area (Å²) in [7, 11) is 1.73. The fourth-order valence-electron chi connectivity index (χ4n) is 1.67. The molecule has 0 heterocycles. The summed E-state index contributed by atoms with van der Waals surface area (Å²) in [4.78, 5) is 13.9. The van der Waals surface area contributed by atoms with Crippen LogP contribution in [-0.2, 0) is 0 Å². The summed E-state index contributed by atoms with van der Waals surface area (Å²) in [5.74, 6) is -0.119. The second-order valence-electron chi connectivity index (χ2n) is 4.29. The van der Waals surface area contributed by atoms with Crippen molar-refractivity contribution in [1.29, 1.82) is 0 Å². The van der Waals surface area contributed by atoms with Gasteiger partial charge in [-0.1, -0.05) is 0 Å². The monoisotopic (exact) mass is 489 g/mol. The number of aromatic hydroxyl groups is 1. The van der Waals surface area contributed by atoms with E-state index in [1.165, 1.54) is 0 Å². The third-order valence-electron chi connectivity index (χ3n) is 2.76. The highest BCUT2D eigenvalue weighted by atomic mass is 127. The van der Waals surface area contributed by atoms with Gasteiger partial charge in [-0.3, -0.25) is 4.79 Å². The third kappa shape index (κ3) is 5.07. The highest BCUT2D eigenvalue weighted by molar-refractivity contribution is 14.1. The van der Waals surface area contributed by atoms with Gasteiger partial charge in [-0.2, -0.15) is 0 Å². The van der Waals surface area contributed by atoms with Gasteiger partial charge >= 0.3 is 0 Å². The second-order valence-corrected chi connectivity index (χ2v) is 6.70. The molecule has 0 unspecified atom stereocenters. The van der Waals surface area contributed by atoms with Crippen molar-refractivity contribution in [1.82, 2.24) is 4.90 Å². The van der Waals surface area contributed by atoms with Crippen molar-refractivity contribution >= 4 is 51.1 Å². The Morgan fingerprint density at radius 2 is 1.95 bits per heavy atom. The normalized spacial score (nSPS) is 10.5. The van der Waals surface area contributed by atoms with Crippen LogP contribution >= 0.6 is 45.2 Å². The van der Waals surface area contributed by atoms with Crippen LogP contribution in [0.25, 0.3) is 0 Å². The third-order valence-corrected chi connectivity index (χ3v) is 4.20. The molecule has 4 nitrogen and oxygen atoms in total. The second kappa shape index (κ2) is 8.25. The lowest BCUT2D eigenvalue weighted by Gasteiger charge is -2.18. The summed E-state index contributed by atoms with van der Waals surface area (Å²) in [5.41, 5.74) is 0.348.